The molecule has 1 aliphatic rings. The van der Waals surface area contributed by atoms with Crippen LogP contribution in [0.5, 0.6) is 0 Å². The number of halogens is 2. The molecule has 0 saturated carbocycles. The van der Waals surface area contributed by atoms with Crippen LogP contribution in [0.1, 0.15) is 12.8 Å². The number of nitrogens with zero attached hydrogens (tertiary/aromatic N) is 2. The molecule has 1 saturated heterocycles. The number of likely N-dealkylation sites (N-methyl/N-ethyl adjacent to an activating group) is 1. The lowest BCUT2D eigenvalue weighted by Gasteiger charge is -2.34. The molecule has 5 nitrogen and oxygen atoms in total. The van der Waals surface area contributed by atoms with E-state index in [1.807, 2.05) is 19.0 Å². The molecule has 8 heteroatoms. The summed E-state index contributed by atoms with van der Waals surface area (Å²) in [5, 5.41) is 0. The molecule has 1 aliphatic heterocycles. The summed E-state index contributed by atoms with van der Waals surface area (Å²) in [5.41, 5.74) is 0. The monoisotopic (exact) mass is 348 g/mol. The molecule has 130 valence electrons. The van der Waals surface area contributed by atoms with Crippen molar-refractivity contribution in [2.75, 3.05) is 40.4 Å². The van der Waals surface area contributed by atoms with Gasteiger partial charge in [-0.15, -0.1) is 0 Å². The third-order valence-corrected chi connectivity index (χ3v) is 5.81. The van der Waals surface area contributed by atoms with E-state index < -0.39 is 26.6 Å². The molecule has 23 heavy (non-hydrogen) atoms. The number of hydrogen-bond acceptors (Lipinski definition) is 4. The van der Waals surface area contributed by atoms with Gasteiger partial charge in [-0.05, 0) is 45.1 Å². The zero-order valence-electron chi connectivity index (χ0n) is 13.3. The van der Waals surface area contributed by atoms with E-state index in [1.165, 1.54) is 4.31 Å². The van der Waals surface area contributed by atoms with E-state index in [4.69, 9.17) is 4.74 Å². The molecule has 0 radical (unpaired) electrons. The molecule has 0 bridgehead atoms. The summed E-state index contributed by atoms with van der Waals surface area (Å²) in [7, 11) is -0.452. The zero-order chi connectivity index (χ0) is 17.0. The molecule has 0 aliphatic carbocycles. The van der Waals surface area contributed by atoms with Gasteiger partial charge in [0.05, 0.1) is 0 Å². The SMILES string of the molecule is CN(C)CCN(C1CCOCC1)S(=O)(=O)c1cc(F)ccc1F. The van der Waals surface area contributed by atoms with E-state index in [1.54, 1.807) is 0 Å². The van der Waals surface area contributed by atoms with Gasteiger partial charge in [-0.25, -0.2) is 17.2 Å². The normalized spacial score (nSPS) is 17.1. The van der Waals surface area contributed by atoms with Crippen molar-refractivity contribution in [1.82, 2.24) is 9.21 Å². The predicted molar refractivity (Wildman–Crippen MR) is 82.6 cm³/mol. The zero-order valence-corrected chi connectivity index (χ0v) is 14.2. The van der Waals surface area contributed by atoms with Crippen LogP contribution in [0.25, 0.3) is 0 Å². The van der Waals surface area contributed by atoms with E-state index in [2.05, 4.69) is 0 Å². The van der Waals surface area contributed by atoms with E-state index in [9.17, 15) is 17.2 Å². The summed E-state index contributed by atoms with van der Waals surface area (Å²) < 4.78 is 59.7. The van der Waals surface area contributed by atoms with Crippen LogP contribution < -0.4 is 0 Å². The maximum Gasteiger partial charge on any atom is 0.246 e. The largest absolute Gasteiger partial charge is 0.381 e. The Morgan fingerprint density at radius 2 is 1.83 bits per heavy atom. The molecule has 0 amide bonds. The number of hydrogen-bond donors (Lipinski definition) is 0. The lowest BCUT2D eigenvalue weighted by atomic mass is 10.1. The third-order valence-electron chi connectivity index (χ3n) is 3.85. The highest BCUT2D eigenvalue weighted by Crippen LogP contribution is 2.25. The minimum atomic E-state index is -4.11. The molecule has 0 N–H and O–H groups in total. The second kappa shape index (κ2) is 7.65. The van der Waals surface area contributed by atoms with Crippen molar-refractivity contribution in [2.45, 2.75) is 23.8 Å². The van der Waals surface area contributed by atoms with Crippen molar-refractivity contribution in [3.05, 3.63) is 29.8 Å². The van der Waals surface area contributed by atoms with Gasteiger partial charge in [0, 0.05) is 32.3 Å². The first-order chi connectivity index (χ1) is 10.8. The van der Waals surface area contributed by atoms with Gasteiger partial charge in [0.25, 0.3) is 0 Å². The summed E-state index contributed by atoms with van der Waals surface area (Å²) in [6, 6.07) is 2.23. The highest BCUT2D eigenvalue weighted by Gasteiger charge is 2.34. The number of benzene rings is 1. The quantitative estimate of drug-likeness (QED) is 0.785. The third kappa shape index (κ3) is 4.47. The Balaban J connectivity index is 2.36. The highest BCUT2D eigenvalue weighted by molar-refractivity contribution is 7.89. The van der Waals surface area contributed by atoms with Crippen molar-refractivity contribution in [3.8, 4) is 0 Å². The van der Waals surface area contributed by atoms with E-state index in [-0.39, 0.29) is 12.6 Å². The van der Waals surface area contributed by atoms with Gasteiger partial charge in [-0.1, -0.05) is 0 Å². The topological polar surface area (TPSA) is 49.9 Å². The molecule has 1 fully saturated rings. The Morgan fingerprint density at radius 1 is 1.17 bits per heavy atom. The number of sulfonamides is 1. The van der Waals surface area contributed by atoms with Crippen molar-refractivity contribution >= 4 is 10.0 Å². The summed E-state index contributed by atoms with van der Waals surface area (Å²) in [4.78, 5) is 1.24. The Bertz CT molecular complexity index is 632. The van der Waals surface area contributed by atoms with E-state index in [0.717, 1.165) is 18.2 Å². The van der Waals surface area contributed by atoms with Crippen molar-refractivity contribution < 1.29 is 21.9 Å². The van der Waals surface area contributed by atoms with Gasteiger partial charge in [-0.3, -0.25) is 0 Å². The fraction of sp³-hybridized carbons (Fsp3) is 0.600. The maximum absolute atomic E-state index is 14.0. The molecule has 0 spiro atoms. The average Bonchev–Trinajstić information content (AvgIpc) is 2.50. The first-order valence-electron chi connectivity index (χ1n) is 7.51. The number of ether oxygens (including phenoxy) is 1. The summed E-state index contributed by atoms with van der Waals surface area (Å²) in [6.07, 6.45) is 1.09. The molecule has 1 heterocycles. The van der Waals surface area contributed by atoms with Gasteiger partial charge < -0.3 is 9.64 Å². The van der Waals surface area contributed by atoms with Gasteiger partial charge in [-0.2, -0.15) is 4.31 Å². The van der Waals surface area contributed by atoms with Gasteiger partial charge in [0.15, 0.2) is 0 Å². The van der Waals surface area contributed by atoms with Crippen LogP contribution in [0.15, 0.2) is 23.1 Å². The van der Waals surface area contributed by atoms with Crippen LogP contribution in [0.4, 0.5) is 8.78 Å². The molecule has 0 aromatic heterocycles. The molecule has 0 atom stereocenters. The highest BCUT2D eigenvalue weighted by atomic mass is 32.2. The van der Waals surface area contributed by atoms with E-state index >= 15 is 0 Å². The number of rotatable bonds is 6. The van der Waals surface area contributed by atoms with Crippen molar-refractivity contribution in [2.24, 2.45) is 0 Å². The molecule has 1 aromatic carbocycles. The van der Waals surface area contributed by atoms with Crippen LogP contribution in [-0.2, 0) is 14.8 Å². The second-order valence-corrected chi connectivity index (χ2v) is 7.70. The smallest absolute Gasteiger partial charge is 0.246 e. The molecule has 2 rings (SSSR count). The molecule has 0 unspecified atom stereocenters. The maximum atomic E-state index is 14.0. The second-order valence-electron chi connectivity index (χ2n) is 5.84. The fourth-order valence-corrected chi connectivity index (χ4v) is 4.33. The minimum Gasteiger partial charge on any atom is -0.381 e. The average molecular weight is 348 g/mol. The van der Waals surface area contributed by atoms with E-state index in [0.29, 0.717) is 32.6 Å². The summed E-state index contributed by atoms with van der Waals surface area (Å²) in [6.45, 7) is 1.64. The van der Waals surface area contributed by atoms with Crippen LogP contribution in [0.3, 0.4) is 0 Å². The van der Waals surface area contributed by atoms with Crippen molar-refractivity contribution in [1.29, 1.82) is 0 Å². The minimum absolute atomic E-state index is 0.218. The Kier molecular flexibility index (Phi) is 6.07. The van der Waals surface area contributed by atoms with Crippen LogP contribution in [-0.4, -0.2) is 64.1 Å². The standard InChI is InChI=1S/C15H22F2N2O3S/c1-18(2)7-8-19(13-5-9-22-10-6-13)23(20,21)15-11-12(16)3-4-14(15)17/h3-4,11,13H,5-10H2,1-2H3. The van der Waals surface area contributed by atoms with Gasteiger partial charge in [0.1, 0.15) is 16.5 Å². The van der Waals surface area contributed by atoms with Gasteiger partial charge in [0.2, 0.25) is 10.0 Å². The molecular formula is C15H22F2N2O3S. The Morgan fingerprint density at radius 3 is 2.43 bits per heavy atom. The van der Waals surface area contributed by atoms with Crippen LogP contribution in [0, 0.1) is 11.6 Å². The Labute approximate surface area is 135 Å². The van der Waals surface area contributed by atoms with Gasteiger partial charge >= 0.3 is 0 Å². The first kappa shape index (κ1) is 18.3. The Hall–Kier alpha value is -1.09. The van der Waals surface area contributed by atoms with Crippen LogP contribution in [0.2, 0.25) is 0 Å². The predicted octanol–water partition coefficient (Wildman–Crippen LogP) is 1.70. The van der Waals surface area contributed by atoms with Crippen molar-refractivity contribution in [3.63, 3.8) is 0 Å². The lowest BCUT2D eigenvalue weighted by Crippen LogP contribution is -2.46. The van der Waals surface area contributed by atoms with Crippen LogP contribution >= 0.6 is 0 Å². The lowest BCUT2D eigenvalue weighted by molar-refractivity contribution is 0.0572. The summed E-state index contributed by atoms with van der Waals surface area (Å²) >= 11 is 0. The fourth-order valence-electron chi connectivity index (χ4n) is 2.57. The first-order valence-corrected chi connectivity index (χ1v) is 8.96. The summed E-state index contributed by atoms with van der Waals surface area (Å²) in [5.74, 6) is -1.71. The molecule has 1 aromatic rings. The molecular weight excluding hydrogens is 326 g/mol.